The number of hydrogen-bond acceptors (Lipinski definition) is 3. The Labute approximate surface area is 168 Å². The zero-order valence-corrected chi connectivity index (χ0v) is 15.9. The summed E-state index contributed by atoms with van der Waals surface area (Å²) in [6.07, 6.45) is 5.99. The first-order valence-corrected chi connectivity index (χ1v) is 9.56. The smallest absolute Gasteiger partial charge is 0.253 e. The molecular weight excluding hydrogens is 362 g/mol. The number of carbonyl (C=O) groups excluding carboxylic acids is 2. The zero-order chi connectivity index (χ0) is 20.1. The van der Waals surface area contributed by atoms with Crippen LogP contribution < -0.4 is 5.32 Å². The number of aromatic amines is 1. The molecule has 0 atom stereocenters. The van der Waals surface area contributed by atoms with Gasteiger partial charge in [0.2, 0.25) is 0 Å². The second-order valence-electron chi connectivity index (χ2n) is 6.86. The molecule has 2 N–H and O–H groups in total. The summed E-state index contributed by atoms with van der Waals surface area (Å²) < 4.78 is 0. The van der Waals surface area contributed by atoms with Crippen LogP contribution in [0.1, 0.15) is 31.8 Å². The van der Waals surface area contributed by atoms with E-state index in [-0.39, 0.29) is 18.1 Å². The number of ketones is 1. The molecule has 5 heteroatoms. The van der Waals surface area contributed by atoms with Crippen molar-refractivity contribution < 1.29 is 9.59 Å². The second kappa shape index (κ2) is 8.52. The van der Waals surface area contributed by atoms with Crippen molar-refractivity contribution in [3.63, 3.8) is 0 Å². The predicted octanol–water partition coefficient (Wildman–Crippen LogP) is 3.96. The van der Waals surface area contributed by atoms with Crippen LogP contribution in [-0.4, -0.2) is 28.2 Å². The van der Waals surface area contributed by atoms with Crippen LogP contribution in [0.5, 0.6) is 0 Å². The van der Waals surface area contributed by atoms with E-state index in [0.29, 0.717) is 29.7 Å². The fourth-order valence-electron chi connectivity index (χ4n) is 3.43. The molecule has 5 nitrogen and oxygen atoms in total. The number of pyridine rings is 1. The molecule has 29 heavy (non-hydrogen) atoms. The molecule has 4 rings (SSSR count). The van der Waals surface area contributed by atoms with Crippen LogP contribution in [0.3, 0.4) is 0 Å². The Hall–Kier alpha value is -3.73. The highest BCUT2D eigenvalue weighted by molar-refractivity contribution is 6.01. The highest BCUT2D eigenvalue weighted by Crippen LogP contribution is 2.18. The normalized spacial score (nSPS) is 10.8. The molecule has 2 aromatic heterocycles. The van der Waals surface area contributed by atoms with E-state index in [1.165, 1.54) is 6.20 Å². The number of fused-ring (bicyclic) bond motifs is 1. The molecule has 144 valence electrons. The summed E-state index contributed by atoms with van der Waals surface area (Å²) in [6, 6.07) is 18.9. The number of amides is 1. The van der Waals surface area contributed by atoms with E-state index < -0.39 is 0 Å². The van der Waals surface area contributed by atoms with Crippen molar-refractivity contribution in [3.8, 4) is 0 Å². The maximum atomic E-state index is 12.7. The van der Waals surface area contributed by atoms with Gasteiger partial charge >= 0.3 is 0 Å². The molecule has 0 bridgehead atoms. The van der Waals surface area contributed by atoms with Crippen molar-refractivity contribution in [2.24, 2.45) is 0 Å². The Morgan fingerprint density at radius 1 is 0.931 bits per heavy atom. The van der Waals surface area contributed by atoms with E-state index >= 15 is 0 Å². The first-order valence-electron chi connectivity index (χ1n) is 9.56. The van der Waals surface area contributed by atoms with Gasteiger partial charge in [-0.1, -0.05) is 48.5 Å². The Bertz CT molecular complexity index is 1150. The molecule has 1 amide bonds. The number of H-pyrrole nitrogens is 1. The Morgan fingerprint density at radius 3 is 2.59 bits per heavy atom. The van der Waals surface area contributed by atoms with Gasteiger partial charge < -0.3 is 10.3 Å². The lowest BCUT2D eigenvalue weighted by molar-refractivity contribution is 0.0952. The third-order valence-corrected chi connectivity index (χ3v) is 4.96. The standard InChI is InChI=1S/C24H21N3O2/c28-23(17-6-2-1-3-7-17)14-18-10-12-25-16-21(18)24(29)26-13-11-19-15-27-22-9-5-4-8-20(19)22/h1-10,12,15-16,27H,11,13-14H2,(H,26,29). The molecule has 0 aliphatic heterocycles. The van der Waals surface area contributed by atoms with Gasteiger partial charge in [0.25, 0.3) is 5.91 Å². The molecule has 0 fully saturated rings. The highest BCUT2D eigenvalue weighted by atomic mass is 16.1. The third kappa shape index (κ3) is 4.24. The first-order chi connectivity index (χ1) is 14.2. The summed E-state index contributed by atoms with van der Waals surface area (Å²) in [5, 5.41) is 4.12. The van der Waals surface area contributed by atoms with Gasteiger partial charge in [0.05, 0.1) is 5.56 Å². The largest absolute Gasteiger partial charge is 0.361 e. The number of rotatable bonds is 7. The van der Waals surface area contributed by atoms with Gasteiger partial charge in [0, 0.05) is 48.0 Å². The quantitative estimate of drug-likeness (QED) is 0.474. The van der Waals surface area contributed by atoms with Crippen LogP contribution in [0, 0.1) is 0 Å². The average molecular weight is 383 g/mol. The van der Waals surface area contributed by atoms with Gasteiger partial charge in [-0.05, 0) is 29.7 Å². The summed E-state index contributed by atoms with van der Waals surface area (Å²) >= 11 is 0. The maximum Gasteiger partial charge on any atom is 0.253 e. The van der Waals surface area contributed by atoms with Gasteiger partial charge in [-0.15, -0.1) is 0 Å². The minimum absolute atomic E-state index is 0.0235. The van der Waals surface area contributed by atoms with E-state index in [1.807, 2.05) is 42.6 Å². The van der Waals surface area contributed by atoms with E-state index in [9.17, 15) is 9.59 Å². The molecule has 4 aromatic rings. The molecule has 0 saturated carbocycles. The molecular formula is C24H21N3O2. The monoisotopic (exact) mass is 383 g/mol. The van der Waals surface area contributed by atoms with Gasteiger partial charge in [-0.25, -0.2) is 0 Å². The van der Waals surface area contributed by atoms with E-state index in [0.717, 1.165) is 16.5 Å². The third-order valence-electron chi connectivity index (χ3n) is 4.96. The Balaban J connectivity index is 1.42. The van der Waals surface area contributed by atoms with Gasteiger partial charge in [-0.2, -0.15) is 0 Å². The lowest BCUT2D eigenvalue weighted by Gasteiger charge is -2.09. The average Bonchev–Trinajstić information content (AvgIpc) is 3.18. The van der Waals surface area contributed by atoms with Crippen LogP contribution in [0.4, 0.5) is 0 Å². The molecule has 0 spiro atoms. The molecule has 0 unspecified atom stereocenters. The van der Waals surface area contributed by atoms with Gasteiger partial charge in [0.1, 0.15) is 0 Å². The number of Topliss-reactive ketones (excluding diaryl/α,β-unsaturated/α-hetero) is 1. The molecule has 0 aliphatic rings. The molecule has 0 saturated heterocycles. The van der Waals surface area contributed by atoms with Crippen molar-refractivity contribution in [3.05, 3.63) is 102 Å². The predicted molar refractivity (Wildman–Crippen MR) is 113 cm³/mol. The number of hydrogen-bond donors (Lipinski definition) is 2. The summed E-state index contributed by atoms with van der Waals surface area (Å²) in [7, 11) is 0. The topological polar surface area (TPSA) is 74.8 Å². The highest BCUT2D eigenvalue weighted by Gasteiger charge is 2.15. The minimum atomic E-state index is -0.214. The van der Waals surface area contributed by atoms with E-state index in [4.69, 9.17) is 0 Å². The van der Waals surface area contributed by atoms with Crippen LogP contribution in [0.25, 0.3) is 10.9 Å². The van der Waals surface area contributed by atoms with E-state index in [2.05, 4.69) is 21.4 Å². The summed E-state index contributed by atoms with van der Waals surface area (Å²) in [4.78, 5) is 32.5. The van der Waals surface area contributed by atoms with Crippen LogP contribution in [-0.2, 0) is 12.8 Å². The van der Waals surface area contributed by atoms with Crippen LogP contribution in [0.2, 0.25) is 0 Å². The van der Waals surface area contributed by atoms with Crippen molar-refractivity contribution in [2.45, 2.75) is 12.8 Å². The van der Waals surface area contributed by atoms with Crippen molar-refractivity contribution >= 4 is 22.6 Å². The van der Waals surface area contributed by atoms with Gasteiger partial charge in [-0.3, -0.25) is 14.6 Å². The lowest BCUT2D eigenvalue weighted by atomic mass is 10.00. The molecule has 2 heterocycles. The Kier molecular flexibility index (Phi) is 5.47. The summed E-state index contributed by atoms with van der Waals surface area (Å²) in [6.45, 7) is 0.502. The maximum absolute atomic E-state index is 12.7. The van der Waals surface area contributed by atoms with Crippen LogP contribution >= 0.6 is 0 Å². The number of aromatic nitrogens is 2. The fourth-order valence-corrected chi connectivity index (χ4v) is 3.43. The number of benzene rings is 2. The van der Waals surface area contributed by atoms with Crippen LogP contribution in [0.15, 0.2) is 79.3 Å². The number of para-hydroxylation sites is 1. The van der Waals surface area contributed by atoms with Crippen molar-refractivity contribution in [2.75, 3.05) is 6.54 Å². The lowest BCUT2D eigenvalue weighted by Crippen LogP contribution is -2.27. The van der Waals surface area contributed by atoms with Crippen molar-refractivity contribution in [1.29, 1.82) is 0 Å². The second-order valence-corrected chi connectivity index (χ2v) is 6.86. The number of carbonyl (C=O) groups is 2. The molecule has 2 aromatic carbocycles. The first kappa shape index (κ1) is 18.6. The zero-order valence-electron chi connectivity index (χ0n) is 15.9. The number of nitrogens with one attached hydrogen (secondary N) is 2. The Morgan fingerprint density at radius 2 is 1.72 bits per heavy atom. The minimum Gasteiger partial charge on any atom is -0.361 e. The number of nitrogens with zero attached hydrogens (tertiary/aromatic N) is 1. The van der Waals surface area contributed by atoms with E-state index in [1.54, 1.807) is 24.4 Å². The summed E-state index contributed by atoms with van der Waals surface area (Å²) in [5.74, 6) is -0.238. The fraction of sp³-hybridized carbons (Fsp3) is 0.125. The summed E-state index contributed by atoms with van der Waals surface area (Å²) in [5.41, 5.74) is 4.00. The molecule has 0 aliphatic carbocycles. The SMILES string of the molecule is O=C(Cc1ccncc1C(=O)NCCc1c[nH]c2ccccc12)c1ccccc1. The van der Waals surface area contributed by atoms with Crippen molar-refractivity contribution in [1.82, 2.24) is 15.3 Å². The molecule has 0 radical (unpaired) electrons. The van der Waals surface area contributed by atoms with Gasteiger partial charge in [0.15, 0.2) is 5.78 Å².